The van der Waals surface area contributed by atoms with Crippen LogP contribution in [0.1, 0.15) is 29.6 Å². The van der Waals surface area contributed by atoms with Crippen molar-refractivity contribution < 1.29 is 0 Å². The van der Waals surface area contributed by atoms with Crippen LogP contribution in [0.3, 0.4) is 0 Å². The van der Waals surface area contributed by atoms with Gasteiger partial charge < -0.3 is 10.7 Å². The highest BCUT2D eigenvalue weighted by molar-refractivity contribution is 7.09. The SMILES string of the molecule is CCCc1nc(NN)c(C)c(NCc2cncs2)n1. The van der Waals surface area contributed by atoms with Crippen molar-refractivity contribution in [3.05, 3.63) is 28.0 Å². The first kappa shape index (κ1) is 13.7. The highest BCUT2D eigenvalue weighted by Gasteiger charge is 2.10. The Morgan fingerprint density at radius 1 is 1.32 bits per heavy atom. The third kappa shape index (κ3) is 3.39. The number of anilines is 2. The van der Waals surface area contributed by atoms with Crippen LogP contribution in [0.4, 0.5) is 11.6 Å². The molecule has 2 heterocycles. The molecule has 0 fully saturated rings. The molecule has 0 aliphatic carbocycles. The molecule has 0 saturated heterocycles. The lowest BCUT2D eigenvalue weighted by molar-refractivity contribution is 0.830. The maximum Gasteiger partial charge on any atom is 0.148 e. The zero-order valence-electron chi connectivity index (χ0n) is 11.1. The normalized spacial score (nSPS) is 10.5. The molecule has 2 aromatic heterocycles. The fourth-order valence-electron chi connectivity index (χ4n) is 1.71. The number of nitrogens with two attached hydrogens (primary N) is 1. The number of nitrogens with one attached hydrogen (secondary N) is 2. The van der Waals surface area contributed by atoms with E-state index in [1.165, 1.54) is 0 Å². The predicted octanol–water partition coefficient (Wildman–Crippen LogP) is 2.09. The molecule has 0 unspecified atom stereocenters. The zero-order valence-corrected chi connectivity index (χ0v) is 11.9. The summed E-state index contributed by atoms with van der Waals surface area (Å²) < 4.78 is 0. The van der Waals surface area contributed by atoms with Crippen molar-refractivity contribution in [1.29, 1.82) is 0 Å². The first-order chi connectivity index (χ1) is 9.24. The van der Waals surface area contributed by atoms with E-state index in [4.69, 9.17) is 5.84 Å². The van der Waals surface area contributed by atoms with Gasteiger partial charge in [0, 0.05) is 23.1 Å². The summed E-state index contributed by atoms with van der Waals surface area (Å²) in [4.78, 5) is 14.1. The van der Waals surface area contributed by atoms with Crippen molar-refractivity contribution in [3.8, 4) is 0 Å². The monoisotopic (exact) mass is 278 g/mol. The molecular weight excluding hydrogens is 260 g/mol. The highest BCUT2D eigenvalue weighted by atomic mass is 32.1. The van der Waals surface area contributed by atoms with E-state index in [-0.39, 0.29) is 0 Å². The van der Waals surface area contributed by atoms with E-state index in [0.717, 1.165) is 34.9 Å². The van der Waals surface area contributed by atoms with Gasteiger partial charge in [0.25, 0.3) is 0 Å². The fourth-order valence-corrected chi connectivity index (χ4v) is 2.25. The number of aryl methyl sites for hydroxylation is 1. The van der Waals surface area contributed by atoms with E-state index in [9.17, 15) is 0 Å². The van der Waals surface area contributed by atoms with Gasteiger partial charge in [-0.25, -0.2) is 15.8 Å². The van der Waals surface area contributed by atoms with E-state index >= 15 is 0 Å². The molecule has 2 aromatic rings. The molecule has 0 aliphatic rings. The van der Waals surface area contributed by atoms with Crippen LogP contribution in [0.2, 0.25) is 0 Å². The lowest BCUT2D eigenvalue weighted by atomic mass is 10.2. The predicted molar refractivity (Wildman–Crippen MR) is 78.0 cm³/mol. The molecule has 4 N–H and O–H groups in total. The van der Waals surface area contributed by atoms with E-state index < -0.39 is 0 Å². The van der Waals surface area contributed by atoms with E-state index in [1.807, 2.05) is 18.6 Å². The maximum atomic E-state index is 5.50. The molecule has 6 nitrogen and oxygen atoms in total. The largest absolute Gasteiger partial charge is 0.365 e. The Labute approximate surface area is 116 Å². The number of rotatable bonds is 6. The number of hydrazine groups is 1. The lowest BCUT2D eigenvalue weighted by Gasteiger charge is -2.12. The first-order valence-corrected chi connectivity index (χ1v) is 7.08. The summed E-state index contributed by atoms with van der Waals surface area (Å²) in [5.41, 5.74) is 5.37. The van der Waals surface area contributed by atoms with Gasteiger partial charge in [0.1, 0.15) is 17.5 Å². The fraction of sp³-hybridized carbons (Fsp3) is 0.417. The van der Waals surface area contributed by atoms with Gasteiger partial charge in [0.15, 0.2) is 0 Å². The number of nitrogen functional groups attached to an aromatic ring is 1. The summed E-state index contributed by atoms with van der Waals surface area (Å²) in [6, 6.07) is 0. The molecule has 0 atom stereocenters. The van der Waals surface area contributed by atoms with Gasteiger partial charge in [-0.2, -0.15) is 0 Å². The first-order valence-electron chi connectivity index (χ1n) is 6.20. The average molecular weight is 278 g/mol. The van der Waals surface area contributed by atoms with E-state index in [0.29, 0.717) is 12.4 Å². The van der Waals surface area contributed by atoms with Crippen LogP contribution in [-0.2, 0) is 13.0 Å². The van der Waals surface area contributed by atoms with Crippen LogP contribution in [0.5, 0.6) is 0 Å². The Morgan fingerprint density at radius 2 is 2.11 bits per heavy atom. The van der Waals surface area contributed by atoms with Gasteiger partial charge in [-0.3, -0.25) is 4.98 Å². The molecule has 7 heteroatoms. The molecule has 102 valence electrons. The van der Waals surface area contributed by atoms with Crippen LogP contribution in [0, 0.1) is 6.92 Å². The van der Waals surface area contributed by atoms with E-state index in [2.05, 4.69) is 32.6 Å². The Morgan fingerprint density at radius 3 is 2.74 bits per heavy atom. The quantitative estimate of drug-likeness (QED) is 0.554. The Balaban J connectivity index is 2.19. The molecule has 19 heavy (non-hydrogen) atoms. The molecular formula is C12H18N6S. The number of nitrogens with zero attached hydrogens (tertiary/aromatic N) is 3. The van der Waals surface area contributed by atoms with Gasteiger partial charge in [0.2, 0.25) is 0 Å². The highest BCUT2D eigenvalue weighted by Crippen LogP contribution is 2.20. The second-order valence-corrected chi connectivity index (χ2v) is 5.15. The number of thiazole rings is 1. The number of aromatic nitrogens is 3. The third-order valence-electron chi connectivity index (χ3n) is 2.72. The zero-order chi connectivity index (χ0) is 13.7. The van der Waals surface area contributed by atoms with Crippen molar-refractivity contribution in [3.63, 3.8) is 0 Å². The second-order valence-electron chi connectivity index (χ2n) is 4.18. The Hall–Kier alpha value is -1.73. The van der Waals surface area contributed by atoms with Gasteiger partial charge in [0.05, 0.1) is 12.1 Å². The van der Waals surface area contributed by atoms with Gasteiger partial charge >= 0.3 is 0 Å². The van der Waals surface area contributed by atoms with Crippen molar-refractivity contribution in [2.24, 2.45) is 5.84 Å². The summed E-state index contributed by atoms with van der Waals surface area (Å²) >= 11 is 1.62. The van der Waals surface area contributed by atoms with Gasteiger partial charge in [-0.05, 0) is 13.3 Å². The summed E-state index contributed by atoms with van der Waals surface area (Å²) in [7, 11) is 0. The molecule has 0 bridgehead atoms. The van der Waals surface area contributed by atoms with Gasteiger partial charge in [-0.1, -0.05) is 6.92 Å². The average Bonchev–Trinajstić information content (AvgIpc) is 2.92. The summed E-state index contributed by atoms with van der Waals surface area (Å²) in [5.74, 6) is 7.79. The summed E-state index contributed by atoms with van der Waals surface area (Å²) in [6.07, 6.45) is 3.69. The molecule has 0 spiro atoms. The van der Waals surface area contributed by atoms with Crippen LogP contribution in [0.25, 0.3) is 0 Å². The van der Waals surface area contributed by atoms with Crippen LogP contribution in [0.15, 0.2) is 11.7 Å². The summed E-state index contributed by atoms with van der Waals surface area (Å²) in [6.45, 7) is 4.75. The minimum atomic E-state index is 0.672. The molecule has 0 aromatic carbocycles. The second kappa shape index (κ2) is 6.44. The molecule has 0 aliphatic heterocycles. The third-order valence-corrected chi connectivity index (χ3v) is 3.50. The number of hydrogen-bond acceptors (Lipinski definition) is 7. The number of hydrogen-bond donors (Lipinski definition) is 3. The van der Waals surface area contributed by atoms with Crippen molar-refractivity contribution in [2.45, 2.75) is 33.2 Å². The lowest BCUT2D eigenvalue weighted by Crippen LogP contribution is -2.14. The Bertz CT molecular complexity index is 525. The van der Waals surface area contributed by atoms with Crippen LogP contribution < -0.4 is 16.6 Å². The van der Waals surface area contributed by atoms with Crippen LogP contribution in [-0.4, -0.2) is 15.0 Å². The Kier molecular flexibility index (Phi) is 4.64. The smallest absolute Gasteiger partial charge is 0.148 e. The maximum absolute atomic E-state index is 5.50. The standard InChI is InChI=1S/C12H18N6S/c1-3-4-10-16-11(8(2)12(17-10)18-13)15-6-9-5-14-7-19-9/h5,7H,3-4,6,13H2,1-2H3,(H2,15,16,17,18). The topological polar surface area (TPSA) is 88.8 Å². The van der Waals surface area contributed by atoms with Crippen molar-refractivity contribution in [2.75, 3.05) is 10.7 Å². The van der Waals surface area contributed by atoms with Crippen molar-refractivity contribution >= 4 is 23.0 Å². The molecule has 0 radical (unpaired) electrons. The van der Waals surface area contributed by atoms with Gasteiger partial charge in [-0.15, -0.1) is 11.3 Å². The van der Waals surface area contributed by atoms with Crippen LogP contribution >= 0.6 is 11.3 Å². The summed E-state index contributed by atoms with van der Waals surface area (Å²) in [5, 5.41) is 3.31. The molecule has 0 amide bonds. The minimum Gasteiger partial charge on any atom is -0.365 e. The van der Waals surface area contributed by atoms with E-state index in [1.54, 1.807) is 11.3 Å². The minimum absolute atomic E-state index is 0.672. The molecule has 2 rings (SSSR count). The van der Waals surface area contributed by atoms with Crippen molar-refractivity contribution in [1.82, 2.24) is 15.0 Å². The molecule has 0 saturated carbocycles.